The summed E-state index contributed by atoms with van der Waals surface area (Å²) in [6.45, 7) is 8.40. The first-order valence-electron chi connectivity index (χ1n) is 15.2. The molecule has 7 rings (SSSR count). The van der Waals surface area contributed by atoms with Gasteiger partial charge in [-0.25, -0.2) is 14.6 Å². The van der Waals surface area contributed by atoms with Crippen LogP contribution in [0.5, 0.6) is 0 Å². The smallest absolute Gasteiger partial charge is 0.414 e. The van der Waals surface area contributed by atoms with E-state index in [0.29, 0.717) is 29.6 Å². The number of nitrogens with zero attached hydrogens (tertiary/aromatic N) is 5. The molecule has 1 saturated carbocycles. The van der Waals surface area contributed by atoms with Gasteiger partial charge in [-0.1, -0.05) is 19.3 Å². The molecule has 1 aromatic carbocycles. The molecule has 0 atom stereocenters. The van der Waals surface area contributed by atoms with Crippen LogP contribution in [0.15, 0.2) is 42.7 Å². The van der Waals surface area contributed by atoms with Gasteiger partial charge in [0.2, 0.25) is 0 Å². The molecule has 4 aromatic heterocycles. The first kappa shape index (κ1) is 28.5. The lowest BCUT2D eigenvalue weighted by atomic mass is 9.82. The standard InChI is InChI=1S/C34H35N5O4S/c1-19-28(36-15-14-35-19)24-13-10-21-23(37-24)12-11-22-29(21)39(33(42)43-34(2,3)4)17-16-38-25-18-26(32(40)41)44-31(25)27(30(22)38)20-8-6-5-7-9-20/h10-15,18,20H,5-9,16-17H2,1-4H3,(H,40,41). The molecule has 1 fully saturated rings. The minimum Gasteiger partial charge on any atom is -0.477 e. The van der Waals surface area contributed by atoms with Gasteiger partial charge in [0, 0.05) is 36.4 Å². The first-order valence-corrected chi connectivity index (χ1v) is 16.0. The molecule has 5 heterocycles. The van der Waals surface area contributed by atoms with Gasteiger partial charge in [-0.3, -0.25) is 14.9 Å². The third kappa shape index (κ3) is 4.81. The zero-order chi connectivity index (χ0) is 30.7. The van der Waals surface area contributed by atoms with E-state index in [-0.39, 0.29) is 0 Å². The van der Waals surface area contributed by atoms with Gasteiger partial charge in [0.1, 0.15) is 16.2 Å². The Bertz CT molecular complexity index is 1950. The number of pyridine rings is 1. The molecule has 0 saturated heterocycles. The fourth-order valence-corrected chi connectivity index (χ4v) is 7.94. The van der Waals surface area contributed by atoms with Gasteiger partial charge in [0.05, 0.1) is 38.5 Å². The predicted octanol–water partition coefficient (Wildman–Crippen LogP) is 8.18. The summed E-state index contributed by atoms with van der Waals surface area (Å²) in [6.07, 6.45) is 8.56. The highest BCUT2D eigenvalue weighted by molar-refractivity contribution is 7.21. The molecule has 10 heteroatoms. The van der Waals surface area contributed by atoms with Gasteiger partial charge in [0.15, 0.2) is 0 Å². The number of aromatic carboxylic acids is 1. The molecule has 9 nitrogen and oxygen atoms in total. The maximum atomic E-state index is 13.9. The van der Waals surface area contributed by atoms with Crippen LogP contribution in [0.25, 0.3) is 43.8 Å². The van der Waals surface area contributed by atoms with Crippen LogP contribution in [0.2, 0.25) is 0 Å². The third-order valence-corrected chi connectivity index (χ3v) is 9.80. The zero-order valence-corrected chi connectivity index (χ0v) is 26.2. The maximum absolute atomic E-state index is 13.9. The molecule has 1 aliphatic carbocycles. The molecule has 1 amide bonds. The number of amides is 1. The van der Waals surface area contributed by atoms with E-state index in [0.717, 1.165) is 75.1 Å². The van der Waals surface area contributed by atoms with Gasteiger partial charge in [0.25, 0.3) is 0 Å². The van der Waals surface area contributed by atoms with Crippen LogP contribution in [0.3, 0.4) is 0 Å². The number of thiophene rings is 1. The lowest BCUT2D eigenvalue weighted by Crippen LogP contribution is -2.38. The Balaban J connectivity index is 1.50. The minimum atomic E-state index is -0.911. The van der Waals surface area contributed by atoms with Crippen molar-refractivity contribution in [1.29, 1.82) is 0 Å². The summed E-state index contributed by atoms with van der Waals surface area (Å²) < 4.78 is 9.24. The van der Waals surface area contributed by atoms with E-state index >= 15 is 0 Å². The number of ether oxygens (including phenoxy) is 1. The number of aromatic nitrogens is 4. The van der Waals surface area contributed by atoms with Gasteiger partial charge < -0.3 is 14.4 Å². The molecular weight excluding hydrogens is 574 g/mol. The lowest BCUT2D eigenvalue weighted by Gasteiger charge is -2.28. The molecule has 226 valence electrons. The fraction of sp³-hybridized carbons (Fsp3) is 0.382. The number of carbonyl (C=O) groups excluding carboxylic acids is 1. The number of aryl methyl sites for hydroxylation is 1. The number of rotatable bonds is 3. The van der Waals surface area contributed by atoms with Crippen molar-refractivity contribution in [3.05, 3.63) is 58.9 Å². The monoisotopic (exact) mass is 609 g/mol. The summed E-state index contributed by atoms with van der Waals surface area (Å²) in [4.78, 5) is 42.0. The van der Waals surface area contributed by atoms with Crippen LogP contribution in [-0.2, 0) is 11.3 Å². The molecule has 0 unspecified atom stereocenters. The van der Waals surface area contributed by atoms with Crippen molar-refractivity contribution in [3.8, 4) is 22.6 Å². The van der Waals surface area contributed by atoms with Crippen LogP contribution in [0.4, 0.5) is 10.5 Å². The van der Waals surface area contributed by atoms with E-state index in [1.807, 2.05) is 45.9 Å². The van der Waals surface area contributed by atoms with E-state index in [9.17, 15) is 14.7 Å². The van der Waals surface area contributed by atoms with E-state index in [1.54, 1.807) is 23.4 Å². The van der Waals surface area contributed by atoms with Crippen LogP contribution in [0, 0.1) is 6.92 Å². The fourth-order valence-electron chi connectivity index (χ4n) is 6.82. The Kier molecular flexibility index (Phi) is 6.92. The molecule has 44 heavy (non-hydrogen) atoms. The normalized spacial score (nSPS) is 15.7. The van der Waals surface area contributed by atoms with E-state index in [1.165, 1.54) is 23.3 Å². The topological polar surface area (TPSA) is 110 Å². The number of hydrogen-bond acceptors (Lipinski definition) is 7. The molecule has 2 aliphatic rings. The minimum absolute atomic E-state index is 0.319. The molecule has 0 spiro atoms. The Morgan fingerprint density at radius 1 is 1.02 bits per heavy atom. The first-order chi connectivity index (χ1) is 21.1. The van der Waals surface area contributed by atoms with Crippen molar-refractivity contribution in [1.82, 2.24) is 19.5 Å². The second-order valence-corrected chi connectivity index (χ2v) is 13.8. The van der Waals surface area contributed by atoms with Crippen LogP contribution < -0.4 is 4.90 Å². The summed E-state index contributed by atoms with van der Waals surface area (Å²) in [5.41, 5.74) is 7.21. The molecular formula is C34H35N5O4S. The van der Waals surface area contributed by atoms with E-state index < -0.39 is 17.7 Å². The number of benzene rings is 1. The maximum Gasteiger partial charge on any atom is 0.414 e. The average Bonchev–Trinajstić information content (AvgIpc) is 3.49. The van der Waals surface area contributed by atoms with Gasteiger partial charge in [-0.2, -0.15) is 0 Å². The lowest BCUT2D eigenvalue weighted by molar-refractivity contribution is 0.0579. The van der Waals surface area contributed by atoms with E-state index in [4.69, 9.17) is 9.72 Å². The number of hydrogen-bond donors (Lipinski definition) is 1. The Morgan fingerprint density at radius 2 is 1.80 bits per heavy atom. The third-order valence-electron chi connectivity index (χ3n) is 8.65. The number of carboxylic acids is 1. The summed E-state index contributed by atoms with van der Waals surface area (Å²) >= 11 is 1.37. The highest BCUT2D eigenvalue weighted by Gasteiger charge is 2.35. The number of fused-ring (bicyclic) bond motifs is 7. The molecule has 0 bridgehead atoms. The largest absolute Gasteiger partial charge is 0.477 e. The number of carboxylic acid groups (broad SMARTS) is 1. The highest BCUT2D eigenvalue weighted by Crippen LogP contribution is 2.51. The quantitative estimate of drug-likeness (QED) is 0.220. The van der Waals surface area contributed by atoms with Gasteiger partial charge in [-0.05, 0) is 82.3 Å². The average molecular weight is 610 g/mol. The summed E-state index contributed by atoms with van der Waals surface area (Å²) in [5.74, 6) is -0.592. The Hall–Kier alpha value is -4.31. The SMILES string of the molecule is Cc1nccnc1-c1ccc2c3c(ccc2n1)-c1c(C2CCCCC2)c2sc(C(=O)O)cc2n1CCN3C(=O)OC(C)(C)C. The second kappa shape index (κ2) is 10.7. The van der Waals surface area contributed by atoms with Crippen LogP contribution in [-0.4, -0.2) is 48.8 Å². The molecule has 0 radical (unpaired) electrons. The molecule has 5 aromatic rings. The second-order valence-electron chi connectivity index (χ2n) is 12.7. The number of anilines is 1. The Morgan fingerprint density at radius 3 is 2.52 bits per heavy atom. The van der Waals surface area contributed by atoms with E-state index in [2.05, 4.69) is 20.6 Å². The van der Waals surface area contributed by atoms with Crippen molar-refractivity contribution in [2.24, 2.45) is 0 Å². The van der Waals surface area contributed by atoms with Gasteiger partial charge in [-0.15, -0.1) is 11.3 Å². The molecule has 1 N–H and O–H groups in total. The van der Waals surface area contributed by atoms with Crippen molar-refractivity contribution in [2.45, 2.75) is 77.9 Å². The predicted molar refractivity (Wildman–Crippen MR) is 173 cm³/mol. The van der Waals surface area contributed by atoms with Crippen molar-refractivity contribution in [2.75, 3.05) is 11.4 Å². The van der Waals surface area contributed by atoms with Crippen molar-refractivity contribution < 1.29 is 19.4 Å². The zero-order valence-electron chi connectivity index (χ0n) is 25.4. The van der Waals surface area contributed by atoms with Crippen LogP contribution in [0.1, 0.15) is 79.7 Å². The summed E-state index contributed by atoms with van der Waals surface area (Å²) in [6, 6.07) is 9.85. The van der Waals surface area contributed by atoms with Crippen molar-refractivity contribution >= 4 is 50.2 Å². The Labute approximate surface area is 259 Å². The van der Waals surface area contributed by atoms with Gasteiger partial charge >= 0.3 is 12.1 Å². The van der Waals surface area contributed by atoms with Crippen molar-refractivity contribution in [3.63, 3.8) is 0 Å². The summed E-state index contributed by atoms with van der Waals surface area (Å²) in [5, 5.41) is 10.7. The van der Waals surface area contributed by atoms with Crippen LogP contribution >= 0.6 is 11.3 Å². The highest BCUT2D eigenvalue weighted by atomic mass is 32.1. The molecule has 1 aliphatic heterocycles. The summed E-state index contributed by atoms with van der Waals surface area (Å²) in [7, 11) is 0. The number of carbonyl (C=O) groups is 2.